The summed E-state index contributed by atoms with van der Waals surface area (Å²) in [6.07, 6.45) is 0.965. The average molecular weight is 352 g/mol. The fourth-order valence-corrected chi connectivity index (χ4v) is 2.61. The van der Waals surface area contributed by atoms with Crippen molar-refractivity contribution in [2.24, 2.45) is 5.41 Å². The van der Waals surface area contributed by atoms with Gasteiger partial charge in [0.05, 0.1) is 37.0 Å². The van der Waals surface area contributed by atoms with Gasteiger partial charge in [0.25, 0.3) is 0 Å². The number of methoxy groups -OCH3 is 1. The predicted molar refractivity (Wildman–Crippen MR) is 88.1 cm³/mol. The maximum atomic E-state index is 12.6. The third-order valence-electron chi connectivity index (χ3n) is 3.84. The van der Waals surface area contributed by atoms with E-state index in [1.54, 1.807) is 43.5 Å². The van der Waals surface area contributed by atoms with Gasteiger partial charge in [0, 0.05) is 5.69 Å². The van der Waals surface area contributed by atoms with Crippen molar-refractivity contribution in [3.63, 3.8) is 0 Å². The van der Waals surface area contributed by atoms with Crippen LogP contribution < -0.4 is 10.1 Å². The highest BCUT2D eigenvalue weighted by Crippen LogP contribution is 2.33. The number of ether oxygens (including phenoxy) is 3. The van der Waals surface area contributed by atoms with E-state index in [4.69, 9.17) is 30.2 Å². The normalized spacial score (nSPS) is 23.7. The molecule has 1 amide bonds. The molecular weight excluding hydrogens is 334 g/mol. The molecule has 6 nitrogen and oxygen atoms in total. The van der Waals surface area contributed by atoms with Gasteiger partial charge in [-0.3, -0.25) is 4.79 Å². The lowest BCUT2D eigenvalue weighted by molar-refractivity contribution is -0.232. The van der Waals surface area contributed by atoms with Gasteiger partial charge in [-0.05, 0) is 37.3 Å². The number of anilines is 1. The quantitative estimate of drug-likeness (QED) is 0.910. The first-order valence-electron chi connectivity index (χ1n) is 7.43. The van der Waals surface area contributed by atoms with Crippen molar-refractivity contribution in [3.8, 4) is 5.75 Å². The van der Waals surface area contributed by atoms with E-state index >= 15 is 0 Å². The van der Waals surface area contributed by atoms with Gasteiger partial charge in [0.2, 0.25) is 12.2 Å². The molecule has 0 bridgehead atoms. The number of amides is 1. The Bertz CT molecular complexity index is 708. The lowest BCUT2D eigenvalue weighted by atomic mass is 9.90. The Morgan fingerprint density at radius 3 is 2.67 bits per heavy atom. The van der Waals surface area contributed by atoms with Crippen molar-refractivity contribution >= 4 is 23.2 Å². The molecule has 1 aliphatic rings. The molecule has 0 radical (unpaired) electrons. The summed E-state index contributed by atoms with van der Waals surface area (Å²) in [5.74, 6) is 0.924. The summed E-state index contributed by atoms with van der Waals surface area (Å²) >= 11 is 6.07. The average Bonchev–Trinajstić information content (AvgIpc) is 3.10. The molecule has 128 valence electrons. The molecule has 1 aromatic carbocycles. The smallest absolute Gasteiger partial charge is 0.234 e. The minimum atomic E-state index is -0.810. The zero-order valence-electron chi connectivity index (χ0n) is 13.4. The molecular formula is C17H18ClNO5. The fourth-order valence-electron chi connectivity index (χ4n) is 2.36. The zero-order chi connectivity index (χ0) is 17.2. The summed E-state index contributed by atoms with van der Waals surface area (Å²) in [6, 6.07) is 8.59. The molecule has 1 aromatic heterocycles. The van der Waals surface area contributed by atoms with E-state index < -0.39 is 11.7 Å². The molecule has 0 unspecified atom stereocenters. The Kier molecular flexibility index (Phi) is 4.80. The molecule has 1 aliphatic heterocycles. The number of carbonyl (C=O) groups excluding carboxylic acids is 1. The zero-order valence-corrected chi connectivity index (χ0v) is 14.1. The minimum absolute atomic E-state index is 0.207. The number of halogens is 1. The lowest BCUT2D eigenvalue weighted by Crippen LogP contribution is -2.45. The van der Waals surface area contributed by atoms with Crippen LogP contribution in [0.4, 0.5) is 5.69 Å². The van der Waals surface area contributed by atoms with E-state index in [0.29, 0.717) is 22.2 Å². The first kappa shape index (κ1) is 16.8. The van der Waals surface area contributed by atoms with Crippen molar-refractivity contribution in [2.45, 2.75) is 13.2 Å². The highest BCUT2D eigenvalue weighted by molar-refractivity contribution is 6.32. The van der Waals surface area contributed by atoms with Gasteiger partial charge >= 0.3 is 0 Å². The summed E-state index contributed by atoms with van der Waals surface area (Å²) in [4.78, 5) is 12.6. The van der Waals surface area contributed by atoms with Crippen LogP contribution in [0.2, 0.25) is 5.02 Å². The third kappa shape index (κ3) is 3.40. The summed E-state index contributed by atoms with van der Waals surface area (Å²) in [6.45, 7) is 2.22. The molecule has 0 atom stereocenters. The monoisotopic (exact) mass is 351 g/mol. The van der Waals surface area contributed by atoms with Crippen molar-refractivity contribution in [3.05, 3.63) is 47.4 Å². The van der Waals surface area contributed by atoms with Gasteiger partial charge in [0.1, 0.15) is 5.75 Å². The van der Waals surface area contributed by atoms with Crippen LogP contribution in [0.3, 0.4) is 0 Å². The largest absolute Gasteiger partial charge is 0.495 e. The van der Waals surface area contributed by atoms with Crippen molar-refractivity contribution in [2.75, 3.05) is 25.6 Å². The van der Waals surface area contributed by atoms with E-state index in [0.717, 1.165) is 0 Å². The Labute approximate surface area is 144 Å². The van der Waals surface area contributed by atoms with E-state index in [1.807, 2.05) is 0 Å². The van der Waals surface area contributed by atoms with Gasteiger partial charge in [0.15, 0.2) is 5.76 Å². The molecule has 1 N–H and O–H groups in total. The maximum absolute atomic E-state index is 12.6. The predicted octanol–water partition coefficient (Wildman–Crippen LogP) is 3.63. The Hall–Kier alpha value is -2.02. The van der Waals surface area contributed by atoms with E-state index in [-0.39, 0.29) is 19.1 Å². The van der Waals surface area contributed by atoms with Crippen LogP contribution in [0.1, 0.15) is 19.0 Å². The molecule has 7 heteroatoms. The number of hydrogen-bond acceptors (Lipinski definition) is 5. The second kappa shape index (κ2) is 6.84. The van der Waals surface area contributed by atoms with Gasteiger partial charge in [-0.1, -0.05) is 11.6 Å². The molecule has 1 fully saturated rings. The second-order valence-corrected chi connectivity index (χ2v) is 6.24. The topological polar surface area (TPSA) is 69.9 Å². The van der Waals surface area contributed by atoms with Crippen molar-refractivity contribution < 1.29 is 23.4 Å². The molecule has 0 aliphatic carbocycles. The first-order valence-corrected chi connectivity index (χ1v) is 7.81. The van der Waals surface area contributed by atoms with Gasteiger partial charge < -0.3 is 23.9 Å². The molecule has 3 rings (SSSR count). The fraction of sp³-hybridized carbons (Fsp3) is 0.353. The van der Waals surface area contributed by atoms with Crippen LogP contribution >= 0.6 is 11.6 Å². The van der Waals surface area contributed by atoms with Crippen LogP contribution in [0.25, 0.3) is 0 Å². The van der Waals surface area contributed by atoms with E-state index in [1.165, 1.54) is 7.11 Å². The Morgan fingerprint density at radius 1 is 1.33 bits per heavy atom. The summed E-state index contributed by atoms with van der Waals surface area (Å²) in [5.41, 5.74) is -0.227. The SMILES string of the molecule is COc1ccc(NC(=O)C2(C)COC(c3ccco3)OC2)cc1Cl. The number of nitrogens with one attached hydrogen (secondary N) is 1. The molecule has 0 saturated carbocycles. The highest BCUT2D eigenvalue weighted by atomic mass is 35.5. The standard InChI is InChI=1S/C17H18ClNO5/c1-17(9-23-15(24-10-17)14-4-3-7-22-14)16(20)19-11-5-6-13(21-2)12(18)8-11/h3-8,15H,9-10H2,1-2H3,(H,19,20). The molecule has 2 heterocycles. The van der Waals surface area contributed by atoms with Crippen LogP contribution in [0.5, 0.6) is 5.75 Å². The van der Waals surface area contributed by atoms with Gasteiger partial charge in [-0.15, -0.1) is 0 Å². The van der Waals surface area contributed by atoms with Gasteiger partial charge in [-0.2, -0.15) is 0 Å². The summed E-state index contributed by atoms with van der Waals surface area (Å²) < 4.78 is 21.6. The third-order valence-corrected chi connectivity index (χ3v) is 4.14. The molecule has 1 saturated heterocycles. The number of hydrogen-bond donors (Lipinski definition) is 1. The number of benzene rings is 1. The van der Waals surface area contributed by atoms with Gasteiger partial charge in [-0.25, -0.2) is 0 Å². The van der Waals surface area contributed by atoms with Crippen molar-refractivity contribution in [1.82, 2.24) is 0 Å². The lowest BCUT2D eigenvalue weighted by Gasteiger charge is -2.35. The van der Waals surface area contributed by atoms with E-state index in [2.05, 4.69) is 5.32 Å². The first-order chi connectivity index (χ1) is 11.5. The van der Waals surface area contributed by atoms with Crippen LogP contribution in [0, 0.1) is 5.41 Å². The minimum Gasteiger partial charge on any atom is -0.495 e. The summed E-state index contributed by atoms with van der Waals surface area (Å²) in [5, 5.41) is 3.26. The number of rotatable bonds is 4. The molecule has 2 aromatic rings. The van der Waals surface area contributed by atoms with E-state index in [9.17, 15) is 4.79 Å². The van der Waals surface area contributed by atoms with Crippen molar-refractivity contribution in [1.29, 1.82) is 0 Å². The molecule has 24 heavy (non-hydrogen) atoms. The van der Waals surface area contributed by atoms with Crippen LogP contribution in [-0.4, -0.2) is 26.2 Å². The highest BCUT2D eigenvalue weighted by Gasteiger charge is 2.40. The maximum Gasteiger partial charge on any atom is 0.234 e. The molecule has 0 spiro atoms. The Morgan fingerprint density at radius 2 is 2.08 bits per heavy atom. The second-order valence-electron chi connectivity index (χ2n) is 5.83. The number of furan rings is 1. The Balaban J connectivity index is 1.63. The van der Waals surface area contributed by atoms with Crippen LogP contribution in [-0.2, 0) is 14.3 Å². The van der Waals surface area contributed by atoms with Crippen LogP contribution in [0.15, 0.2) is 41.0 Å². The number of carbonyl (C=O) groups is 1. The summed E-state index contributed by atoms with van der Waals surface area (Å²) in [7, 11) is 1.53.